The lowest BCUT2D eigenvalue weighted by Gasteiger charge is -2.15. The maximum Gasteiger partial charge on any atom is 0.246 e. The molecule has 3 N–H and O–H groups in total. The van der Waals surface area contributed by atoms with Gasteiger partial charge in [0, 0.05) is 0 Å². The summed E-state index contributed by atoms with van der Waals surface area (Å²) in [6.45, 7) is 5.46. The van der Waals surface area contributed by atoms with Crippen LogP contribution in [0.25, 0.3) is 0 Å². The van der Waals surface area contributed by atoms with E-state index >= 15 is 0 Å². The van der Waals surface area contributed by atoms with Crippen LogP contribution in [-0.4, -0.2) is 36.6 Å². The minimum Gasteiger partial charge on any atom is -0.391 e. The Morgan fingerprint density at radius 3 is 2.15 bits per heavy atom. The molecule has 5 nitrogen and oxygen atoms in total. The molecule has 0 aromatic heterocycles. The number of aliphatic hydroxyl groups excluding tert-OH is 1. The topological polar surface area (TPSA) is 78.4 Å². The standard InChI is InChI=1S/C6H12N2O3.C2H6/c1-4(10)5(7-2)6(11)8-3-9;1-2/h3-5,7,10H,1-2H3,(H,8,9,11);1-2H3. The largest absolute Gasteiger partial charge is 0.391 e. The van der Waals surface area contributed by atoms with Gasteiger partial charge in [0.1, 0.15) is 6.04 Å². The lowest BCUT2D eigenvalue weighted by Crippen LogP contribution is -2.48. The van der Waals surface area contributed by atoms with Gasteiger partial charge in [-0.2, -0.15) is 0 Å². The van der Waals surface area contributed by atoms with Gasteiger partial charge in [0.25, 0.3) is 0 Å². The molecule has 5 heteroatoms. The third-order valence-corrected chi connectivity index (χ3v) is 1.28. The molecule has 0 radical (unpaired) electrons. The maximum atomic E-state index is 10.9. The van der Waals surface area contributed by atoms with Gasteiger partial charge in [0.15, 0.2) is 0 Å². The number of rotatable bonds is 4. The Bertz CT molecular complexity index is 148. The molecule has 0 aromatic carbocycles. The van der Waals surface area contributed by atoms with Crippen LogP contribution in [0, 0.1) is 0 Å². The Hall–Kier alpha value is -0.940. The first-order chi connectivity index (χ1) is 6.13. The molecule has 2 amide bonds. The predicted octanol–water partition coefficient (Wildman–Crippen LogP) is -0.746. The van der Waals surface area contributed by atoms with Crippen molar-refractivity contribution in [2.45, 2.75) is 32.9 Å². The second-order valence-corrected chi connectivity index (χ2v) is 2.13. The second kappa shape index (κ2) is 9.15. The van der Waals surface area contributed by atoms with Crippen LogP contribution in [-0.2, 0) is 9.59 Å². The van der Waals surface area contributed by atoms with E-state index < -0.39 is 18.1 Å². The van der Waals surface area contributed by atoms with Crippen molar-refractivity contribution in [2.75, 3.05) is 7.05 Å². The van der Waals surface area contributed by atoms with Gasteiger partial charge in [-0.1, -0.05) is 13.8 Å². The van der Waals surface area contributed by atoms with Crippen molar-refractivity contribution >= 4 is 12.3 Å². The van der Waals surface area contributed by atoms with Crippen molar-refractivity contribution in [3.63, 3.8) is 0 Å². The molecule has 0 aliphatic carbocycles. The highest BCUT2D eigenvalue weighted by molar-refractivity contribution is 5.90. The lowest BCUT2D eigenvalue weighted by molar-refractivity contribution is -0.128. The molecule has 0 aliphatic heterocycles. The molecule has 78 valence electrons. The lowest BCUT2D eigenvalue weighted by atomic mass is 10.2. The molecule has 2 unspecified atom stereocenters. The van der Waals surface area contributed by atoms with Crippen LogP contribution in [0.15, 0.2) is 0 Å². The van der Waals surface area contributed by atoms with E-state index in [-0.39, 0.29) is 6.41 Å². The molecular weight excluding hydrogens is 172 g/mol. The van der Waals surface area contributed by atoms with Crippen LogP contribution >= 0.6 is 0 Å². The Kier molecular flexibility index (Phi) is 10.3. The molecule has 0 bridgehead atoms. The van der Waals surface area contributed by atoms with Gasteiger partial charge in [-0.15, -0.1) is 0 Å². The zero-order valence-corrected chi connectivity index (χ0v) is 8.50. The van der Waals surface area contributed by atoms with Gasteiger partial charge in [0.05, 0.1) is 6.10 Å². The van der Waals surface area contributed by atoms with Crippen molar-refractivity contribution in [1.29, 1.82) is 0 Å². The van der Waals surface area contributed by atoms with Crippen LogP contribution in [0.2, 0.25) is 0 Å². The van der Waals surface area contributed by atoms with Crippen LogP contribution in [0.4, 0.5) is 0 Å². The van der Waals surface area contributed by atoms with Crippen LogP contribution in [0.3, 0.4) is 0 Å². The molecule has 0 aromatic rings. The average Bonchev–Trinajstić information content (AvgIpc) is 2.09. The van der Waals surface area contributed by atoms with Crippen LogP contribution in [0.1, 0.15) is 20.8 Å². The van der Waals surface area contributed by atoms with E-state index in [1.807, 2.05) is 19.2 Å². The number of carbonyl (C=O) groups excluding carboxylic acids is 2. The number of hydrogen-bond acceptors (Lipinski definition) is 4. The Morgan fingerprint density at radius 2 is 1.92 bits per heavy atom. The van der Waals surface area contributed by atoms with Crippen molar-refractivity contribution in [2.24, 2.45) is 0 Å². The molecule has 0 fully saturated rings. The van der Waals surface area contributed by atoms with E-state index in [0.717, 1.165) is 0 Å². The summed E-state index contributed by atoms with van der Waals surface area (Å²) in [5.41, 5.74) is 0. The monoisotopic (exact) mass is 190 g/mol. The van der Waals surface area contributed by atoms with E-state index in [0.29, 0.717) is 0 Å². The SMILES string of the molecule is CC.CNC(C(=O)NC=O)C(C)O. The summed E-state index contributed by atoms with van der Waals surface area (Å²) in [4.78, 5) is 20.7. The molecule has 0 saturated carbocycles. The smallest absolute Gasteiger partial charge is 0.246 e. The van der Waals surface area contributed by atoms with Crippen molar-refractivity contribution in [3.8, 4) is 0 Å². The van der Waals surface area contributed by atoms with Crippen molar-refractivity contribution in [1.82, 2.24) is 10.6 Å². The van der Waals surface area contributed by atoms with E-state index in [4.69, 9.17) is 5.11 Å². The minimum atomic E-state index is -0.819. The summed E-state index contributed by atoms with van der Waals surface area (Å²) in [7, 11) is 1.53. The highest BCUT2D eigenvalue weighted by Gasteiger charge is 2.20. The summed E-state index contributed by atoms with van der Waals surface area (Å²) in [5, 5.41) is 13.5. The molecule has 0 saturated heterocycles. The van der Waals surface area contributed by atoms with Crippen LogP contribution in [0.5, 0.6) is 0 Å². The third-order valence-electron chi connectivity index (χ3n) is 1.28. The fraction of sp³-hybridized carbons (Fsp3) is 0.750. The van der Waals surface area contributed by atoms with Gasteiger partial charge in [-0.3, -0.25) is 14.9 Å². The number of imide groups is 1. The number of nitrogens with one attached hydrogen (secondary N) is 2. The fourth-order valence-electron chi connectivity index (χ4n) is 0.739. The first kappa shape index (κ1) is 14.6. The van der Waals surface area contributed by atoms with E-state index in [2.05, 4.69) is 5.32 Å². The van der Waals surface area contributed by atoms with Gasteiger partial charge in [-0.25, -0.2) is 0 Å². The molecule has 0 aliphatic rings. The molecular formula is C8H18N2O3. The first-order valence-electron chi connectivity index (χ1n) is 4.22. The van der Waals surface area contributed by atoms with Gasteiger partial charge < -0.3 is 10.4 Å². The Morgan fingerprint density at radius 1 is 1.46 bits per heavy atom. The zero-order valence-electron chi connectivity index (χ0n) is 8.50. The summed E-state index contributed by atoms with van der Waals surface area (Å²) in [6, 6.07) is -0.736. The van der Waals surface area contributed by atoms with Gasteiger partial charge in [0.2, 0.25) is 12.3 Å². The van der Waals surface area contributed by atoms with Crippen LogP contribution < -0.4 is 10.6 Å². The number of amides is 2. The molecule has 13 heavy (non-hydrogen) atoms. The number of likely N-dealkylation sites (N-methyl/N-ethyl adjacent to an activating group) is 1. The predicted molar refractivity (Wildman–Crippen MR) is 50.1 cm³/mol. The molecule has 2 atom stereocenters. The van der Waals surface area contributed by atoms with Gasteiger partial charge in [-0.05, 0) is 14.0 Å². The zero-order chi connectivity index (χ0) is 10.9. The van der Waals surface area contributed by atoms with E-state index in [1.165, 1.54) is 14.0 Å². The summed E-state index contributed by atoms with van der Waals surface area (Å²) < 4.78 is 0. The van der Waals surface area contributed by atoms with E-state index in [1.54, 1.807) is 0 Å². The molecule has 0 heterocycles. The number of hydrogen-bond donors (Lipinski definition) is 3. The number of aliphatic hydroxyl groups is 1. The summed E-state index contributed by atoms with van der Waals surface area (Å²) in [5.74, 6) is -0.530. The van der Waals surface area contributed by atoms with Crippen molar-refractivity contribution in [3.05, 3.63) is 0 Å². The van der Waals surface area contributed by atoms with E-state index in [9.17, 15) is 9.59 Å². The highest BCUT2D eigenvalue weighted by atomic mass is 16.3. The first-order valence-corrected chi connectivity index (χ1v) is 4.22. The normalized spacial score (nSPS) is 13.3. The summed E-state index contributed by atoms with van der Waals surface area (Å²) >= 11 is 0. The highest BCUT2D eigenvalue weighted by Crippen LogP contribution is 1.90. The molecule has 0 spiro atoms. The van der Waals surface area contributed by atoms with Crippen molar-refractivity contribution < 1.29 is 14.7 Å². The molecule has 0 rings (SSSR count). The average molecular weight is 190 g/mol. The number of carbonyl (C=O) groups is 2. The Labute approximate surface area is 78.5 Å². The summed E-state index contributed by atoms with van der Waals surface area (Å²) in [6.07, 6.45) is -0.533. The van der Waals surface area contributed by atoms with Gasteiger partial charge >= 0.3 is 0 Å². The maximum absolute atomic E-state index is 10.9. The second-order valence-electron chi connectivity index (χ2n) is 2.13. The minimum absolute atomic E-state index is 0.287. The Balaban J connectivity index is 0. The quantitative estimate of drug-likeness (QED) is 0.510. The fourth-order valence-corrected chi connectivity index (χ4v) is 0.739. The third kappa shape index (κ3) is 6.24.